The molecule has 0 spiro atoms. The van der Waals surface area contributed by atoms with Gasteiger partial charge in [-0.25, -0.2) is 0 Å². The Hall–Kier alpha value is -2.77. The lowest BCUT2D eigenvalue weighted by Crippen LogP contribution is -2.43. The standard InChI is InChI=1S/C18H19N3O4/c22-18(19-15-8-4-5-9-16(15)21(23)24)12-20-10-11-25-13-17(20)14-6-2-1-3-7-14/h1-9,17H,10-13H2,(H,19,22). The molecule has 0 bridgehead atoms. The molecular weight excluding hydrogens is 322 g/mol. The van der Waals surface area contributed by atoms with E-state index in [4.69, 9.17) is 4.74 Å². The molecule has 7 heteroatoms. The summed E-state index contributed by atoms with van der Waals surface area (Å²) in [5.74, 6) is -0.280. The SMILES string of the molecule is O=C(CN1CCOCC1c1ccccc1)Nc1ccccc1[N+](=O)[O-]. The Kier molecular flexibility index (Phi) is 5.37. The number of amides is 1. The number of nitrogens with zero attached hydrogens (tertiary/aromatic N) is 2. The molecule has 1 unspecified atom stereocenters. The molecule has 7 nitrogen and oxygen atoms in total. The van der Waals surface area contributed by atoms with Crippen molar-refractivity contribution in [2.45, 2.75) is 6.04 Å². The molecular formula is C18H19N3O4. The smallest absolute Gasteiger partial charge is 0.292 e. The summed E-state index contributed by atoms with van der Waals surface area (Å²) in [5, 5.41) is 13.7. The van der Waals surface area contributed by atoms with Gasteiger partial charge in [-0.15, -0.1) is 0 Å². The monoisotopic (exact) mass is 341 g/mol. The zero-order valence-electron chi connectivity index (χ0n) is 13.6. The molecule has 0 radical (unpaired) electrons. The Morgan fingerprint density at radius 3 is 2.68 bits per heavy atom. The summed E-state index contributed by atoms with van der Waals surface area (Å²) in [6.07, 6.45) is 0. The quantitative estimate of drug-likeness (QED) is 0.667. The molecule has 25 heavy (non-hydrogen) atoms. The van der Waals surface area contributed by atoms with Crippen molar-refractivity contribution in [1.29, 1.82) is 0 Å². The van der Waals surface area contributed by atoms with Crippen LogP contribution in [0, 0.1) is 10.1 Å². The average molecular weight is 341 g/mol. The van der Waals surface area contributed by atoms with Crippen LogP contribution < -0.4 is 5.32 Å². The molecule has 2 aromatic rings. The largest absolute Gasteiger partial charge is 0.378 e. The molecule has 1 atom stereocenters. The Balaban J connectivity index is 1.70. The second-order valence-electron chi connectivity index (χ2n) is 5.79. The van der Waals surface area contributed by atoms with E-state index >= 15 is 0 Å². The van der Waals surface area contributed by atoms with E-state index in [0.717, 1.165) is 5.56 Å². The highest BCUT2D eigenvalue weighted by Gasteiger charge is 2.26. The highest BCUT2D eigenvalue weighted by molar-refractivity contribution is 5.94. The fourth-order valence-corrected chi connectivity index (χ4v) is 2.92. The maximum absolute atomic E-state index is 12.4. The molecule has 1 aliphatic heterocycles. The number of benzene rings is 2. The minimum atomic E-state index is -0.503. The Morgan fingerprint density at radius 1 is 1.20 bits per heavy atom. The third-order valence-electron chi connectivity index (χ3n) is 4.15. The minimum Gasteiger partial charge on any atom is -0.378 e. The van der Waals surface area contributed by atoms with Crippen LogP contribution in [0.3, 0.4) is 0 Å². The van der Waals surface area contributed by atoms with Crippen molar-refractivity contribution in [3.8, 4) is 0 Å². The lowest BCUT2D eigenvalue weighted by Gasteiger charge is -2.35. The van der Waals surface area contributed by atoms with Crippen LogP contribution in [0.1, 0.15) is 11.6 Å². The molecule has 1 amide bonds. The first-order chi connectivity index (χ1) is 12.1. The molecule has 1 fully saturated rings. The minimum absolute atomic E-state index is 0.00791. The van der Waals surface area contributed by atoms with Crippen LogP contribution in [0.4, 0.5) is 11.4 Å². The predicted molar refractivity (Wildman–Crippen MR) is 93.3 cm³/mol. The summed E-state index contributed by atoms with van der Waals surface area (Å²) in [5.41, 5.74) is 1.18. The third kappa shape index (κ3) is 4.20. The number of hydrogen-bond donors (Lipinski definition) is 1. The van der Waals surface area contributed by atoms with E-state index in [9.17, 15) is 14.9 Å². The van der Waals surface area contributed by atoms with Gasteiger partial charge < -0.3 is 10.1 Å². The molecule has 0 aliphatic carbocycles. The highest BCUT2D eigenvalue weighted by atomic mass is 16.6. The molecule has 3 rings (SSSR count). The summed E-state index contributed by atoms with van der Waals surface area (Å²) < 4.78 is 5.55. The van der Waals surface area contributed by atoms with E-state index < -0.39 is 4.92 Å². The topological polar surface area (TPSA) is 84.7 Å². The van der Waals surface area contributed by atoms with Crippen LogP contribution in [0.2, 0.25) is 0 Å². The molecule has 1 aliphatic rings. The predicted octanol–water partition coefficient (Wildman–Crippen LogP) is 2.61. The zero-order chi connectivity index (χ0) is 17.6. The summed E-state index contributed by atoms with van der Waals surface area (Å²) in [6, 6.07) is 16.0. The van der Waals surface area contributed by atoms with Crippen molar-refractivity contribution in [3.63, 3.8) is 0 Å². The van der Waals surface area contributed by atoms with Gasteiger partial charge in [0.2, 0.25) is 5.91 Å². The maximum Gasteiger partial charge on any atom is 0.292 e. The molecule has 0 saturated carbocycles. The Morgan fingerprint density at radius 2 is 1.92 bits per heavy atom. The number of nitro benzene ring substituents is 1. The molecule has 2 aromatic carbocycles. The molecule has 0 aromatic heterocycles. The number of anilines is 1. The van der Waals surface area contributed by atoms with E-state index in [1.54, 1.807) is 12.1 Å². The van der Waals surface area contributed by atoms with Gasteiger partial charge in [0.25, 0.3) is 5.69 Å². The van der Waals surface area contributed by atoms with Gasteiger partial charge in [0.15, 0.2) is 0 Å². The normalized spacial score (nSPS) is 17.8. The third-order valence-corrected chi connectivity index (χ3v) is 4.15. The molecule has 1 heterocycles. The van der Waals surface area contributed by atoms with Crippen LogP contribution in [-0.4, -0.2) is 42.0 Å². The molecule has 1 saturated heterocycles. The van der Waals surface area contributed by atoms with Crippen LogP contribution >= 0.6 is 0 Å². The average Bonchev–Trinajstić information content (AvgIpc) is 2.63. The van der Waals surface area contributed by atoms with Crippen molar-refractivity contribution < 1.29 is 14.5 Å². The highest BCUT2D eigenvalue weighted by Crippen LogP contribution is 2.25. The maximum atomic E-state index is 12.4. The zero-order valence-corrected chi connectivity index (χ0v) is 13.6. The van der Waals surface area contributed by atoms with Gasteiger partial charge in [0, 0.05) is 12.6 Å². The van der Waals surface area contributed by atoms with Crippen molar-refractivity contribution in [2.75, 3.05) is 31.6 Å². The van der Waals surface area contributed by atoms with Gasteiger partial charge in [0.1, 0.15) is 5.69 Å². The van der Waals surface area contributed by atoms with Gasteiger partial charge in [-0.05, 0) is 11.6 Å². The van der Waals surface area contributed by atoms with Crippen LogP contribution in [0.25, 0.3) is 0 Å². The number of carbonyl (C=O) groups is 1. The van der Waals surface area contributed by atoms with Gasteiger partial charge in [-0.1, -0.05) is 42.5 Å². The number of carbonyl (C=O) groups excluding carboxylic acids is 1. The Labute approximate surface area is 145 Å². The lowest BCUT2D eigenvalue weighted by atomic mass is 10.1. The summed E-state index contributed by atoms with van der Waals surface area (Å²) in [7, 11) is 0. The second-order valence-corrected chi connectivity index (χ2v) is 5.79. The number of morpholine rings is 1. The van der Waals surface area contributed by atoms with Gasteiger partial charge >= 0.3 is 0 Å². The van der Waals surface area contributed by atoms with Gasteiger partial charge in [-0.2, -0.15) is 0 Å². The fraction of sp³-hybridized carbons (Fsp3) is 0.278. The van der Waals surface area contributed by atoms with Gasteiger partial charge in [0.05, 0.1) is 30.7 Å². The first-order valence-corrected chi connectivity index (χ1v) is 8.05. The van der Waals surface area contributed by atoms with Crippen molar-refractivity contribution in [3.05, 3.63) is 70.3 Å². The van der Waals surface area contributed by atoms with Crippen molar-refractivity contribution >= 4 is 17.3 Å². The van der Waals surface area contributed by atoms with Crippen LogP contribution in [0.15, 0.2) is 54.6 Å². The Bertz CT molecular complexity index is 751. The van der Waals surface area contributed by atoms with Gasteiger partial charge in [-0.3, -0.25) is 19.8 Å². The fourth-order valence-electron chi connectivity index (χ4n) is 2.92. The van der Waals surface area contributed by atoms with Crippen LogP contribution in [-0.2, 0) is 9.53 Å². The number of rotatable bonds is 5. The van der Waals surface area contributed by atoms with E-state index in [2.05, 4.69) is 5.32 Å². The van der Waals surface area contributed by atoms with Crippen molar-refractivity contribution in [1.82, 2.24) is 4.90 Å². The van der Waals surface area contributed by atoms with Crippen LogP contribution in [0.5, 0.6) is 0 Å². The van der Waals surface area contributed by atoms with E-state index in [-0.39, 0.29) is 29.9 Å². The summed E-state index contributed by atoms with van der Waals surface area (Å²) >= 11 is 0. The first-order valence-electron chi connectivity index (χ1n) is 8.05. The summed E-state index contributed by atoms with van der Waals surface area (Å²) in [6.45, 7) is 1.85. The number of hydrogen-bond acceptors (Lipinski definition) is 5. The number of nitrogens with one attached hydrogen (secondary N) is 1. The lowest BCUT2D eigenvalue weighted by molar-refractivity contribution is -0.383. The van der Waals surface area contributed by atoms with E-state index in [1.807, 2.05) is 35.2 Å². The summed E-state index contributed by atoms with van der Waals surface area (Å²) in [4.78, 5) is 25.0. The van der Waals surface area contributed by atoms with E-state index in [0.29, 0.717) is 19.8 Å². The number of nitro groups is 1. The van der Waals surface area contributed by atoms with E-state index in [1.165, 1.54) is 12.1 Å². The molecule has 1 N–H and O–H groups in total. The first kappa shape index (κ1) is 17.1. The second kappa shape index (κ2) is 7.87. The van der Waals surface area contributed by atoms with Crippen molar-refractivity contribution in [2.24, 2.45) is 0 Å². The molecule has 130 valence electrons. The number of para-hydroxylation sites is 2. The number of ether oxygens (including phenoxy) is 1.